The molecule has 12 nitrogen and oxygen atoms in total. The first-order valence-electron chi connectivity index (χ1n) is 13.4. The van der Waals surface area contributed by atoms with Crippen LogP contribution in [0.25, 0.3) is 0 Å². The van der Waals surface area contributed by atoms with Gasteiger partial charge in [0, 0.05) is 31.5 Å². The molecule has 12 heteroatoms. The maximum absolute atomic E-state index is 12.2. The Bertz CT molecular complexity index is 1030. The van der Waals surface area contributed by atoms with Gasteiger partial charge in [-0.1, -0.05) is 24.3 Å². The zero-order valence-corrected chi connectivity index (χ0v) is 24.9. The Balaban J connectivity index is 2.28. The first-order valence-corrected chi connectivity index (χ1v) is 13.4. The number of amides is 3. The van der Waals surface area contributed by atoms with E-state index in [1.807, 2.05) is 39.8 Å². The van der Waals surface area contributed by atoms with E-state index in [0.29, 0.717) is 31.5 Å². The number of nitrogens with one attached hydrogen (secondary N) is 3. The second-order valence-electron chi connectivity index (χ2n) is 11.7. The lowest BCUT2D eigenvalue weighted by Crippen LogP contribution is -2.50. The third kappa shape index (κ3) is 15.7. The summed E-state index contributed by atoms with van der Waals surface area (Å²) in [5, 5.41) is 15.8. The molecule has 0 radical (unpaired) electrons. The first kappa shape index (κ1) is 34.4. The molecule has 1 aromatic carbocycles. The van der Waals surface area contributed by atoms with E-state index < -0.39 is 22.8 Å². The van der Waals surface area contributed by atoms with E-state index in [0.717, 1.165) is 11.9 Å². The fraction of sp³-hybridized carbons (Fsp3) is 0.607. The standard InChI is InChI=1S/C28H47N7O5/c1-26(2,3)40-25(38)34-27(4,5)18-39-28(6,7)15-16-31-22(36)9-8-10-23(37)32-17-20-11-13-21(14-12-20)24(30)35-33-19-29/h11-14,19H,8-10,15-18H2,1-7H3,(H2,29,33)(H2,30,35)(H,31,36)(H,32,37)(H,34,38). The molecule has 1 aromatic rings. The van der Waals surface area contributed by atoms with Gasteiger partial charge in [0.15, 0.2) is 5.84 Å². The van der Waals surface area contributed by atoms with Crippen LogP contribution in [0.15, 0.2) is 34.5 Å². The van der Waals surface area contributed by atoms with Crippen molar-refractivity contribution in [3.05, 3.63) is 35.4 Å². The highest BCUT2D eigenvalue weighted by Crippen LogP contribution is 2.18. The minimum atomic E-state index is -0.629. The van der Waals surface area contributed by atoms with Crippen LogP contribution in [-0.4, -0.2) is 60.0 Å². The third-order valence-corrected chi connectivity index (χ3v) is 5.49. The van der Waals surface area contributed by atoms with Crippen molar-refractivity contribution in [2.45, 2.75) is 97.4 Å². The number of carbonyl (C=O) groups excluding carboxylic acids is 3. The van der Waals surface area contributed by atoms with Crippen molar-refractivity contribution < 1.29 is 23.9 Å². The summed E-state index contributed by atoms with van der Waals surface area (Å²) >= 11 is 0. The summed E-state index contributed by atoms with van der Waals surface area (Å²) < 4.78 is 11.3. The quantitative estimate of drug-likeness (QED) is 0.124. The summed E-state index contributed by atoms with van der Waals surface area (Å²) in [6.45, 7) is 14.1. The number of rotatable bonds is 15. The second-order valence-corrected chi connectivity index (χ2v) is 11.7. The number of nitrogens with zero attached hydrogens (tertiary/aromatic N) is 2. The average molecular weight is 562 g/mol. The lowest BCUT2D eigenvalue weighted by molar-refractivity contribution is -0.122. The third-order valence-electron chi connectivity index (χ3n) is 5.49. The fourth-order valence-corrected chi connectivity index (χ4v) is 3.30. The maximum atomic E-state index is 12.2. The van der Waals surface area contributed by atoms with Crippen molar-refractivity contribution in [1.29, 1.82) is 0 Å². The lowest BCUT2D eigenvalue weighted by atomic mass is 10.0. The predicted molar refractivity (Wildman–Crippen MR) is 157 cm³/mol. The van der Waals surface area contributed by atoms with Crippen LogP contribution in [0.4, 0.5) is 4.79 Å². The smallest absolute Gasteiger partial charge is 0.408 e. The Hall–Kier alpha value is -3.67. The van der Waals surface area contributed by atoms with Gasteiger partial charge in [0.05, 0.1) is 17.7 Å². The van der Waals surface area contributed by atoms with E-state index in [1.54, 1.807) is 32.9 Å². The number of hydrogen-bond acceptors (Lipinski definition) is 7. The molecule has 3 amide bonds. The average Bonchev–Trinajstić information content (AvgIpc) is 2.83. The maximum Gasteiger partial charge on any atom is 0.408 e. The lowest BCUT2D eigenvalue weighted by Gasteiger charge is -2.33. The molecular weight excluding hydrogens is 514 g/mol. The largest absolute Gasteiger partial charge is 0.444 e. The molecule has 0 aliphatic rings. The molecule has 1 rings (SSSR count). The second kappa shape index (κ2) is 15.8. The van der Waals surface area contributed by atoms with E-state index in [2.05, 4.69) is 26.2 Å². The molecule has 7 N–H and O–H groups in total. The Labute approximate surface area is 237 Å². The fourth-order valence-electron chi connectivity index (χ4n) is 3.30. The Morgan fingerprint density at radius 1 is 0.950 bits per heavy atom. The summed E-state index contributed by atoms with van der Waals surface area (Å²) in [4.78, 5) is 36.4. The van der Waals surface area contributed by atoms with Gasteiger partial charge in [-0.3, -0.25) is 9.59 Å². The van der Waals surface area contributed by atoms with Gasteiger partial charge in [-0.15, -0.1) is 10.2 Å². The Morgan fingerprint density at radius 3 is 2.12 bits per heavy atom. The zero-order valence-electron chi connectivity index (χ0n) is 24.9. The number of benzene rings is 1. The Kier molecular flexibility index (Phi) is 13.6. The Morgan fingerprint density at radius 2 is 1.55 bits per heavy atom. The van der Waals surface area contributed by atoms with Gasteiger partial charge in [0.2, 0.25) is 11.8 Å². The van der Waals surface area contributed by atoms with Gasteiger partial charge in [0.1, 0.15) is 11.9 Å². The van der Waals surface area contributed by atoms with Crippen LogP contribution in [0.3, 0.4) is 0 Å². The molecule has 0 heterocycles. The van der Waals surface area contributed by atoms with Gasteiger partial charge in [0.25, 0.3) is 0 Å². The molecule has 0 atom stereocenters. The van der Waals surface area contributed by atoms with E-state index >= 15 is 0 Å². The van der Waals surface area contributed by atoms with E-state index in [1.165, 1.54) is 0 Å². The SMILES string of the molecule is CC(C)(COC(C)(C)CCNC(=O)CCCC(=O)NCc1ccc(/C(N)=N/N=C\N)cc1)NC(=O)OC(C)(C)C. The summed E-state index contributed by atoms with van der Waals surface area (Å²) in [6, 6.07) is 7.23. The van der Waals surface area contributed by atoms with Crippen molar-refractivity contribution >= 4 is 30.1 Å². The molecule has 0 unspecified atom stereocenters. The molecule has 0 saturated carbocycles. The number of hydrogen-bond donors (Lipinski definition) is 5. The van der Waals surface area contributed by atoms with Gasteiger partial charge >= 0.3 is 6.09 Å². The minimum absolute atomic E-state index is 0.121. The van der Waals surface area contributed by atoms with Crippen molar-refractivity contribution in [1.82, 2.24) is 16.0 Å². The van der Waals surface area contributed by atoms with Crippen LogP contribution in [0.5, 0.6) is 0 Å². The normalized spacial score (nSPS) is 12.7. The van der Waals surface area contributed by atoms with Crippen LogP contribution in [0.1, 0.15) is 85.3 Å². The number of nitrogens with two attached hydrogens (primary N) is 2. The molecule has 0 saturated heterocycles. The number of alkyl carbamates (subject to hydrolysis) is 1. The predicted octanol–water partition coefficient (Wildman–Crippen LogP) is 2.69. The highest BCUT2D eigenvalue weighted by Gasteiger charge is 2.28. The van der Waals surface area contributed by atoms with E-state index in [4.69, 9.17) is 20.9 Å². The summed E-state index contributed by atoms with van der Waals surface area (Å²) in [6.07, 6.45) is 2.07. The molecule has 0 aliphatic heterocycles. The number of carbonyl (C=O) groups is 3. The molecule has 0 aromatic heterocycles. The molecule has 0 bridgehead atoms. The van der Waals surface area contributed by atoms with Gasteiger partial charge in [-0.2, -0.15) is 0 Å². The van der Waals surface area contributed by atoms with Crippen LogP contribution in [-0.2, 0) is 25.6 Å². The monoisotopic (exact) mass is 561 g/mol. The molecular formula is C28H47N7O5. The highest BCUT2D eigenvalue weighted by atomic mass is 16.6. The minimum Gasteiger partial charge on any atom is -0.444 e. The van der Waals surface area contributed by atoms with E-state index in [-0.39, 0.29) is 37.1 Å². The highest BCUT2D eigenvalue weighted by molar-refractivity contribution is 5.97. The van der Waals surface area contributed by atoms with Crippen LogP contribution in [0.2, 0.25) is 0 Å². The number of ether oxygens (including phenoxy) is 2. The number of amidine groups is 1. The molecule has 0 fully saturated rings. The summed E-state index contributed by atoms with van der Waals surface area (Å²) in [5.74, 6) is -0.0140. The van der Waals surface area contributed by atoms with Crippen molar-refractivity contribution in [3.8, 4) is 0 Å². The van der Waals surface area contributed by atoms with Crippen LogP contribution < -0.4 is 27.4 Å². The summed E-state index contributed by atoms with van der Waals surface area (Å²) in [5.41, 5.74) is 10.8. The van der Waals surface area contributed by atoms with Gasteiger partial charge in [-0.05, 0) is 66.9 Å². The van der Waals surface area contributed by atoms with Gasteiger partial charge < -0.3 is 36.9 Å². The topological polar surface area (TPSA) is 183 Å². The van der Waals surface area contributed by atoms with Gasteiger partial charge in [-0.25, -0.2) is 4.79 Å². The van der Waals surface area contributed by atoms with Crippen LogP contribution >= 0.6 is 0 Å². The molecule has 40 heavy (non-hydrogen) atoms. The van der Waals surface area contributed by atoms with E-state index in [9.17, 15) is 14.4 Å². The summed E-state index contributed by atoms with van der Waals surface area (Å²) in [7, 11) is 0. The van der Waals surface area contributed by atoms with Crippen molar-refractivity contribution in [2.75, 3.05) is 13.2 Å². The zero-order chi connectivity index (χ0) is 30.4. The van der Waals surface area contributed by atoms with Crippen molar-refractivity contribution in [3.63, 3.8) is 0 Å². The molecule has 0 aliphatic carbocycles. The first-order chi connectivity index (χ1) is 18.5. The molecule has 0 spiro atoms. The van der Waals surface area contributed by atoms with Crippen molar-refractivity contribution in [2.24, 2.45) is 21.7 Å². The molecule has 224 valence electrons. The van der Waals surface area contributed by atoms with Crippen LogP contribution in [0, 0.1) is 0 Å².